The molecule has 0 atom stereocenters. The molecule has 0 unspecified atom stereocenters. The number of nitrogens with zero attached hydrogens (tertiary/aromatic N) is 1. The number of benzene rings is 1. The van der Waals surface area contributed by atoms with Crippen LogP contribution in [0.3, 0.4) is 0 Å². The van der Waals surface area contributed by atoms with E-state index in [0.717, 1.165) is 18.7 Å². The molecule has 1 heterocycles. The molecule has 0 radical (unpaired) electrons. The van der Waals surface area contributed by atoms with Crippen LogP contribution in [-0.2, 0) is 17.9 Å². The minimum Gasteiger partial charge on any atom is -0.484 e. The lowest BCUT2D eigenvalue weighted by Gasteiger charge is -2.07. The van der Waals surface area contributed by atoms with Gasteiger partial charge in [-0.1, -0.05) is 12.1 Å². The molecule has 1 amide bonds. The van der Waals surface area contributed by atoms with Gasteiger partial charge < -0.3 is 15.8 Å². The predicted molar refractivity (Wildman–Crippen MR) is 75.9 cm³/mol. The van der Waals surface area contributed by atoms with E-state index in [1.807, 2.05) is 36.4 Å². The Balaban J connectivity index is 1.77. The fraction of sp³-hybridized carbons (Fsp3) is 0.200. The molecule has 1 aromatic heterocycles. The summed E-state index contributed by atoms with van der Waals surface area (Å²) in [5.74, 6) is 0.162. The SMILES string of the molecule is NC(=O)COc1ccc(CNCc2ccncc2)cc1. The minimum atomic E-state index is -0.479. The van der Waals surface area contributed by atoms with Crippen molar-refractivity contribution in [1.82, 2.24) is 10.3 Å². The molecule has 0 aliphatic heterocycles. The summed E-state index contributed by atoms with van der Waals surface area (Å²) in [6.07, 6.45) is 3.56. The Hall–Kier alpha value is -2.40. The van der Waals surface area contributed by atoms with E-state index in [9.17, 15) is 4.79 Å². The Morgan fingerprint density at radius 3 is 2.25 bits per heavy atom. The molecule has 0 saturated heterocycles. The van der Waals surface area contributed by atoms with E-state index in [4.69, 9.17) is 10.5 Å². The van der Waals surface area contributed by atoms with Crippen molar-refractivity contribution in [3.05, 3.63) is 59.9 Å². The molecule has 0 bridgehead atoms. The maximum absolute atomic E-state index is 10.6. The van der Waals surface area contributed by atoms with E-state index < -0.39 is 5.91 Å². The second kappa shape index (κ2) is 7.25. The van der Waals surface area contributed by atoms with Crippen molar-refractivity contribution in [2.24, 2.45) is 5.73 Å². The Morgan fingerprint density at radius 1 is 1.05 bits per heavy atom. The molecule has 1 aromatic carbocycles. The predicted octanol–water partition coefficient (Wildman–Crippen LogP) is 1.24. The van der Waals surface area contributed by atoms with Crippen LogP contribution >= 0.6 is 0 Å². The summed E-state index contributed by atoms with van der Waals surface area (Å²) < 4.78 is 5.19. The Kier molecular flexibility index (Phi) is 5.08. The number of pyridine rings is 1. The van der Waals surface area contributed by atoms with Gasteiger partial charge in [-0.15, -0.1) is 0 Å². The largest absolute Gasteiger partial charge is 0.484 e. The molecule has 2 rings (SSSR count). The lowest BCUT2D eigenvalue weighted by atomic mass is 10.2. The number of carbonyl (C=O) groups excluding carboxylic acids is 1. The summed E-state index contributed by atoms with van der Waals surface area (Å²) in [5.41, 5.74) is 7.35. The summed E-state index contributed by atoms with van der Waals surface area (Å²) >= 11 is 0. The second-order valence-electron chi connectivity index (χ2n) is 4.36. The lowest BCUT2D eigenvalue weighted by molar-refractivity contribution is -0.119. The normalized spacial score (nSPS) is 10.2. The fourth-order valence-electron chi connectivity index (χ4n) is 1.71. The number of aromatic nitrogens is 1. The second-order valence-corrected chi connectivity index (χ2v) is 4.36. The number of hydrogen-bond donors (Lipinski definition) is 2. The average Bonchev–Trinajstić information content (AvgIpc) is 2.47. The highest BCUT2D eigenvalue weighted by Crippen LogP contribution is 2.12. The van der Waals surface area contributed by atoms with Gasteiger partial charge in [-0.05, 0) is 35.4 Å². The van der Waals surface area contributed by atoms with Crippen LogP contribution in [0.1, 0.15) is 11.1 Å². The van der Waals surface area contributed by atoms with E-state index in [1.165, 1.54) is 5.56 Å². The van der Waals surface area contributed by atoms with E-state index in [1.54, 1.807) is 12.4 Å². The highest BCUT2D eigenvalue weighted by atomic mass is 16.5. The first-order chi connectivity index (χ1) is 9.74. The maximum atomic E-state index is 10.6. The quantitative estimate of drug-likeness (QED) is 0.794. The van der Waals surface area contributed by atoms with Gasteiger partial charge in [0.05, 0.1) is 0 Å². The molecule has 104 valence electrons. The minimum absolute atomic E-state index is 0.0976. The molecular formula is C15H17N3O2. The summed E-state index contributed by atoms with van der Waals surface area (Å²) in [6.45, 7) is 1.46. The molecule has 0 aliphatic rings. The van der Waals surface area contributed by atoms with Gasteiger partial charge in [-0.25, -0.2) is 0 Å². The van der Waals surface area contributed by atoms with Crippen molar-refractivity contribution in [2.75, 3.05) is 6.61 Å². The van der Waals surface area contributed by atoms with E-state index in [2.05, 4.69) is 10.3 Å². The molecule has 2 aromatic rings. The van der Waals surface area contributed by atoms with E-state index in [-0.39, 0.29) is 6.61 Å². The van der Waals surface area contributed by atoms with Gasteiger partial charge in [0.1, 0.15) is 5.75 Å². The number of nitrogens with two attached hydrogens (primary N) is 1. The van der Waals surface area contributed by atoms with Crippen molar-refractivity contribution >= 4 is 5.91 Å². The number of rotatable bonds is 7. The summed E-state index contributed by atoms with van der Waals surface area (Å²) in [4.78, 5) is 14.6. The third kappa shape index (κ3) is 4.70. The van der Waals surface area contributed by atoms with Crippen LogP contribution in [0, 0.1) is 0 Å². The van der Waals surface area contributed by atoms with Crippen LogP contribution in [0.4, 0.5) is 0 Å². The van der Waals surface area contributed by atoms with Gasteiger partial charge >= 0.3 is 0 Å². The van der Waals surface area contributed by atoms with Crippen molar-refractivity contribution in [2.45, 2.75) is 13.1 Å². The third-order valence-electron chi connectivity index (χ3n) is 2.71. The summed E-state index contributed by atoms with van der Waals surface area (Å²) in [6, 6.07) is 11.5. The third-order valence-corrected chi connectivity index (χ3v) is 2.71. The fourth-order valence-corrected chi connectivity index (χ4v) is 1.71. The number of carbonyl (C=O) groups is 1. The smallest absolute Gasteiger partial charge is 0.255 e. The van der Waals surface area contributed by atoms with Crippen LogP contribution in [0.15, 0.2) is 48.8 Å². The average molecular weight is 271 g/mol. The Morgan fingerprint density at radius 2 is 1.65 bits per heavy atom. The van der Waals surface area contributed by atoms with Crippen molar-refractivity contribution < 1.29 is 9.53 Å². The molecule has 20 heavy (non-hydrogen) atoms. The molecule has 5 heteroatoms. The molecule has 0 spiro atoms. The van der Waals surface area contributed by atoms with Gasteiger partial charge in [0.25, 0.3) is 5.91 Å². The number of amides is 1. The van der Waals surface area contributed by atoms with Gasteiger partial charge in [-0.3, -0.25) is 9.78 Å². The number of hydrogen-bond acceptors (Lipinski definition) is 4. The van der Waals surface area contributed by atoms with Gasteiger partial charge in [-0.2, -0.15) is 0 Å². The Bertz CT molecular complexity index is 541. The summed E-state index contributed by atoms with van der Waals surface area (Å²) in [7, 11) is 0. The van der Waals surface area contributed by atoms with E-state index >= 15 is 0 Å². The molecular weight excluding hydrogens is 254 g/mol. The highest BCUT2D eigenvalue weighted by molar-refractivity contribution is 5.75. The first kappa shape index (κ1) is 14.0. The first-order valence-corrected chi connectivity index (χ1v) is 6.34. The van der Waals surface area contributed by atoms with Crippen LogP contribution < -0.4 is 15.8 Å². The van der Waals surface area contributed by atoms with Crippen molar-refractivity contribution in [3.63, 3.8) is 0 Å². The molecule has 5 nitrogen and oxygen atoms in total. The molecule has 3 N–H and O–H groups in total. The lowest BCUT2D eigenvalue weighted by Crippen LogP contribution is -2.20. The first-order valence-electron chi connectivity index (χ1n) is 6.34. The molecule has 0 fully saturated rings. The zero-order chi connectivity index (χ0) is 14.2. The van der Waals surface area contributed by atoms with Gasteiger partial charge in [0, 0.05) is 25.5 Å². The van der Waals surface area contributed by atoms with Gasteiger partial charge in [0.15, 0.2) is 6.61 Å². The van der Waals surface area contributed by atoms with Gasteiger partial charge in [0.2, 0.25) is 0 Å². The molecule has 0 saturated carbocycles. The Labute approximate surface area is 117 Å². The van der Waals surface area contributed by atoms with Crippen molar-refractivity contribution in [3.8, 4) is 5.75 Å². The standard InChI is InChI=1S/C15H17N3O2/c16-15(19)11-20-14-3-1-12(2-4-14)9-18-10-13-5-7-17-8-6-13/h1-8,18H,9-11H2,(H2,16,19). The number of primary amides is 1. The van der Waals surface area contributed by atoms with Crippen LogP contribution in [0.2, 0.25) is 0 Å². The van der Waals surface area contributed by atoms with E-state index in [0.29, 0.717) is 5.75 Å². The topological polar surface area (TPSA) is 77.2 Å². The van der Waals surface area contributed by atoms with Crippen molar-refractivity contribution in [1.29, 1.82) is 0 Å². The summed E-state index contributed by atoms with van der Waals surface area (Å²) in [5, 5.41) is 3.34. The van der Waals surface area contributed by atoms with Crippen LogP contribution in [0.5, 0.6) is 5.75 Å². The molecule has 0 aliphatic carbocycles. The zero-order valence-electron chi connectivity index (χ0n) is 11.1. The van der Waals surface area contributed by atoms with Crippen LogP contribution in [-0.4, -0.2) is 17.5 Å². The number of ether oxygens (including phenoxy) is 1. The monoisotopic (exact) mass is 271 g/mol. The number of nitrogens with one attached hydrogen (secondary N) is 1. The zero-order valence-corrected chi connectivity index (χ0v) is 11.1. The highest BCUT2D eigenvalue weighted by Gasteiger charge is 1.98. The van der Waals surface area contributed by atoms with Crippen LogP contribution in [0.25, 0.3) is 0 Å². The maximum Gasteiger partial charge on any atom is 0.255 e.